The normalized spacial score (nSPS) is 24.5. The van der Waals surface area contributed by atoms with Crippen molar-refractivity contribution in [1.82, 2.24) is 14.9 Å². The summed E-state index contributed by atoms with van der Waals surface area (Å²) in [7, 11) is 1.77. The number of hydrogen-bond donors (Lipinski definition) is 1. The monoisotopic (exact) mass is 392 g/mol. The molecule has 2 fully saturated rings. The van der Waals surface area contributed by atoms with Gasteiger partial charge in [0.05, 0.1) is 5.56 Å². The molecule has 1 aliphatic carbocycles. The molecule has 2 aromatic rings. The van der Waals surface area contributed by atoms with Crippen LogP contribution in [0.15, 0.2) is 36.7 Å². The van der Waals surface area contributed by atoms with Crippen LogP contribution in [0.2, 0.25) is 0 Å². The Morgan fingerprint density at radius 2 is 2.00 bits per heavy atom. The van der Waals surface area contributed by atoms with Crippen LogP contribution in [0, 0.1) is 5.92 Å². The average Bonchev–Trinajstić information content (AvgIpc) is 3.28. The fourth-order valence-corrected chi connectivity index (χ4v) is 4.38. The van der Waals surface area contributed by atoms with Gasteiger partial charge in [0.1, 0.15) is 12.4 Å². The van der Waals surface area contributed by atoms with Crippen LogP contribution in [0.25, 0.3) is 0 Å². The van der Waals surface area contributed by atoms with Gasteiger partial charge in [-0.3, -0.25) is 4.90 Å². The number of nitrogens with one attached hydrogen (secondary N) is 1. The van der Waals surface area contributed by atoms with Crippen LogP contribution in [-0.4, -0.2) is 40.6 Å². The topological polar surface area (TPSA) is 50.3 Å². The fourth-order valence-electron chi connectivity index (χ4n) is 4.38. The summed E-state index contributed by atoms with van der Waals surface area (Å²) in [5.41, 5.74) is 0.340. The number of nitrogens with zero attached hydrogens (tertiary/aromatic N) is 3. The molecule has 150 valence electrons. The van der Waals surface area contributed by atoms with E-state index in [2.05, 4.69) is 20.2 Å². The van der Waals surface area contributed by atoms with Crippen LogP contribution in [0.1, 0.15) is 30.4 Å². The number of benzene rings is 1. The highest BCUT2D eigenvalue weighted by Crippen LogP contribution is 2.43. The number of aromatic nitrogens is 2. The standard InChI is InChI=1S/C20H23F3N4O/c1-24-19-25-9-13(10-26-19)11-27-16-6-5-14(7-16)18(27)12-28-17-4-2-3-15(8-17)20(21,22)23/h2-4,8-10,14,16,18H,5-7,11-12H2,1H3,(H,24,25,26)/t14-,16-,18+/m0/s1. The lowest BCUT2D eigenvalue weighted by molar-refractivity contribution is -0.137. The Bertz CT molecular complexity index is 812. The summed E-state index contributed by atoms with van der Waals surface area (Å²) < 4.78 is 44.5. The van der Waals surface area contributed by atoms with E-state index in [1.165, 1.54) is 6.07 Å². The third-order valence-corrected chi connectivity index (χ3v) is 5.76. The summed E-state index contributed by atoms with van der Waals surface area (Å²) >= 11 is 0. The van der Waals surface area contributed by atoms with Gasteiger partial charge in [0.2, 0.25) is 5.95 Å². The molecule has 0 spiro atoms. The maximum Gasteiger partial charge on any atom is 0.416 e. The van der Waals surface area contributed by atoms with E-state index in [9.17, 15) is 13.2 Å². The number of ether oxygens (including phenoxy) is 1. The molecule has 3 atom stereocenters. The minimum Gasteiger partial charge on any atom is -0.492 e. The molecule has 0 radical (unpaired) electrons. The van der Waals surface area contributed by atoms with Gasteiger partial charge in [-0.15, -0.1) is 0 Å². The quantitative estimate of drug-likeness (QED) is 0.806. The van der Waals surface area contributed by atoms with E-state index in [4.69, 9.17) is 4.74 Å². The van der Waals surface area contributed by atoms with E-state index in [1.807, 2.05) is 12.4 Å². The maximum atomic E-state index is 12.9. The lowest BCUT2D eigenvalue weighted by Crippen LogP contribution is -2.43. The average molecular weight is 392 g/mol. The van der Waals surface area contributed by atoms with Crippen molar-refractivity contribution in [1.29, 1.82) is 0 Å². The fraction of sp³-hybridized carbons (Fsp3) is 0.500. The number of anilines is 1. The number of halogens is 3. The van der Waals surface area contributed by atoms with Gasteiger partial charge in [0.15, 0.2) is 0 Å². The summed E-state index contributed by atoms with van der Waals surface area (Å²) in [5, 5.41) is 2.90. The Balaban J connectivity index is 1.44. The second kappa shape index (κ2) is 7.58. The summed E-state index contributed by atoms with van der Waals surface area (Å²) in [6.45, 7) is 1.11. The summed E-state index contributed by atoms with van der Waals surface area (Å²) in [6, 6.07) is 5.78. The number of rotatable bonds is 6. The van der Waals surface area contributed by atoms with Crippen molar-refractivity contribution in [2.45, 2.75) is 44.1 Å². The van der Waals surface area contributed by atoms with E-state index >= 15 is 0 Å². The van der Waals surface area contributed by atoms with Crippen LogP contribution >= 0.6 is 0 Å². The van der Waals surface area contributed by atoms with Gasteiger partial charge < -0.3 is 10.1 Å². The molecule has 1 aromatic carbocycles. The number of piperidine rings is 1. The molecule has 2 bridgehead atoms. The van der Waals surface area contributed by atoms with E-state index in [0.717, 1.165) is 43.5 Å². The zero-order chi connectivity index (χ0) is 19.7. The Morgan fingerprint density at radius 3 is 2.71 bits per heavy atom. The van der Waals surface area contributed by atoms with Crippen LogP contribution in [0.5, 0.6) is 5.75 Å². The van der Waals surface area contributed by atoms with Crippen LogP contribution < -0.4 is 10.1 Å². The third kappa shape index (κ3) is 3.92. The van der Waals surface area contributed by atoms with Gasteiger partial charge >= 0.3 is 6.18 Å². The highest BCUT2D eigenvalue weighted by atomic mass is 19.4. The third-order valence-electron chi connectivity index (χ3n) is 5.76. The minimum absolute atomic E-state index is 0.192. The first-order valence-electron chi connectivity index (χ1n) is 9.48. The Labute approximate surface area is 161 Å². The number of likely N-dealkylation sites (tertiary alicyclic amines) is 1. The van der Waals surface area contributed by atoms with E-state index in [1.54, 1.807) is 13.1 Å². The predicted octanol–water partition coefficient (Wildman–Crippen LogP) is 3.97. The molecule has 1 saturated heterocycles. The lowest BCUT2D eigenvalue weighted by Gasteiger charge is -2.35. The molecule has 1 saturated carbocycles. The molecule has 2 heterocycles. The molecule has 1 aliphatic heterocycles. The lowest BCUT2D eigenvalue weighted by atomic mass is 9.99. The molecule has 1 aromatic heterocycles. The number of hydrogen-bond acceptors (Lipinski definition) is 5. The van der Waals surface area contributed by atoms with Crippen LogP contribution in [0.3, 0.4) is 0 Å². The Kier molecular flexibility index (Phi) is 5.14. The molecule has 0 amide bonds. The van der Waals surface area contributed by atoms with Crippen LogP contribution in [-0.2, 0) is 12.7 Å². The number of alkyl halides is 3. The molecular formula is C20H23F3N4O. The Hall–Kier alpha value is -2.35. The van der Waals surface area contributed by atoms with Gasteiger partial charge in [-0.05, 0) is 43.4 Å². The van der Waals surface area contributed by atoms with Gasteiger partial charge in [-0.1, -0.05) is 6.07 Å². The highest BCUT2D eigenvalue weighted by molar-refractivity contribution is 5.30. The van der Waals surface area contributed by atoms with Crippen molar-refractivity contribution in [2.75, 3.05) is 19.0 Å². The smallest absolute Gasteiger partial charge is 0.416 e. The van der Waals surface area contributed by atoms with Crippen molar-refractivity contribution in [3.05, 3.63) is 47.8 Å². The molecular weight excluding hydrogens is 369 g/mol. The minimum atomic E-state index is -4.36. The first-order chi connectivity index (χ1) is 13.4. The molecule has 8 heteroatoms. The van der Waals surface area contributed by atoms with Gasteiger partial charge in [0, 0.05) is 43.6 Å². The molecule has 5 nitrogen and oxygen atoms in total. The van der Waals surface area contributed by atoms with Crippen molar-refractivity contribution < 1.29 is 17.9 Å². The first kappa shape index (κ1) is 19.0. The van der Waals surface area contributed by atoms with Crippen LogP contribution in [0.4, 0.5) is 19.1 Å². The maximum absolute atomic E-state index is 12.9. The first-order valence-corrected chi connectivity index (χ1v) is 9.48. The predicted molar refractivity (Wildman–Crippen MR) is 99.0 cm³/mol. The second-order valence-corrected chi connectivity index (χ2v) is 7.47. The number of fused-ring (bicyclic) bond motifs is 2. The van der Waals surface area contributed by atoms with Crippen molar-refractivity contribution in [3.63, 3.8) is 0 Å². The summed E-state index contributed by atoms with van der Waals surface area (Å²) in [6.07, 6.45) is 2.68. The molecule has 1 N–H and O–H groups in total. The zero-order valence-corrected chi connectivity index (χ0v) is 15.6. The van der Waals surface area contributed by atoms with Gasteiger partial charge in [-0.2, -0.15) is 13.2 Å². The highest BCUT2D eigenvalue weighted by Gasteiger charge is 2.46. The second-order valence-electron chi connectivity index (χ2n) is 7.47. The van der Waals surface area contributed by atoms with E-state index in [-0.39, 0.29) is 11.8 Å². The Morgan fingerprint density at radius 1 is 1.21 bits per heavy atom. The van der Waals surface area contributed by atoms with Gasteiger partial charge in [-0.25, -0.2) is 9.97 Å². The van der Waals surface area contributed by atoms with E-state index in [0.29, 0.717) is 24.5 Å². The van der Waals surface area contributed by atoms with Crippen molar-refractivity contribution >= 4 is 5.95 Å². The van der Waals surface area contributed by atoms with E-state index < -0.39 is 11.7 Å². The largest absolute Gasteiger partial charge is 0.492 e. The van der Waals surface area contributed by atoms with Gasteiger partial charge in [0.25, 0.3) is 0 Å². The van der Waals surface area contributed by atoms with Crippen molar-refractivity contribution in [2.24, 2.45) is 5.92 Å². The molecule has 28 heavy (non-hydrogen) atoms. The molecule has 2 aliphatic rings. The SMILES string of the molecule is CNc1ncc(CN2[C@H]3CC[C@@H](C3)[C@H]2COc2cccc(C(F)(F)F)c2)cn1. The summed E-state index contributed by atoms with van der Waals surface area (Å²) in [5.74, 6) is 1.36. The summed E-state index contributed by atoms with van der Waals surface area (Å²) in [4.78, 5) is 10.9. The molecule has 4 rings (SSSR count). The van der Waals surface area contributed by atoms with Crippen molar-refractivity contribution in [3.8, 4) is 5.75 Å². The molecule has 0 unspecified atom stereocenters. The zero-order valence-electron chi connectivity index (χ0n) is 15.6.